The summed E-state index contributed by atoms with van der Waals surface area (Å²) in [6.07, 6.45) is 0. The first kappa shape index (κ1) is 36.4. The number of hydrogen-bond donors (Lipinski definition) is 0. The molecule has 0 atom stereocenters. The van der Waals surface area contributed by atoms with Crippen LogP contribution in [-0.2, 0) is 10.8 Å². The minimum Gasteiger partial charge on any atom is -0.456 e. The lowest BCUT2D eigenvalue weighted by molar-refractivity contribution is 0.662. The SMILES string of the molecule is CC1(C)c2ccccc2-c2cccc(-c3cccc(N(c4ccc(-c5cccc6oc7ccccc7c56)cc4)c4cccc(-c5cccc6c5C(C)(C)c5ccccc5-6)c4)c3)c21. The first-order valence-corrected chi connectivity index (χ1v) is 21.8. The lowest BCUT2D eigenvalue weighted by Gasteiger charge is -2.28. The Bertz CT molecular complexity index is 3270. The summed E-state index contributed by atoms with van der Waals surface area (Å²) in [5.74, 6) is 0. The second-order valence-electron chi connectivity index (χ2n) is 18.1. The first-order chi connectivity index (χ1) is 30.3. The Balaban J connectivity index is 1.02. The molecule has 1 aromatic heterocycles. The lowest BCUT2D eigenvalue weighted by atomic mass is 9.79. The number of nitrogens with zero attached hydrogens (tertiary/aromatic N) is 1. The van der Waals surface area contributed by atoms with Gasteiger partial charge >= 0.3 is 0 Å². The minimum absolute atomic E-state index is 0.130. The van der Waals surface area contributed by atoms with E-state index in [2.05, 4.69) is 227 Å². The van der Waals surface area contributed by atoms with Gasteiger partial charge in [0.05, 0.1) is 0 Å². The van der Waals surface area contributed by atoms with Crippen LogP contribution in [0.15, 0.2) is 205 Å². The van der Waals surface area contributed by atoms with Crippen molar-refractivity contribution in [3.05, 3.63) is 222 Å². The highest BCUT2D eigenvalue weighted by Gasteiger charge is 2.38. The topological polar surface area (TPSA) is 16.4 Å². The van der Waals surface area contributed by atoms with Crippen LogP contribution in [0.2, 0.25) is 0 Å². The maximum Gasteiger partial charge on any atom is 0.136 e. The fraction of sp³-hybridized carbons (Fsp3) is 0.100. The number of fused-ring (bicyclic) bond motifs is 9. The number of benzene rings is 9. The van der Waals surface area contributed by atoms with E-state index in [0.29, 0.717) is 0 Å². The van der Waals surface area contributed by atoms with Crippen LogP contribution in [0.25, 0.3) is 77.6 Å². The van der Waals surface area contributed by atoms with Crippen molar-refractivity contribution in [2.45, 2.75) is 38.5 Å². The summed E-state index contributed by atoms with van der Waals surface area (Å²) < 4.78 is 6.30. The van der Waals surface area contributed by atoms with E-state index in [0.717, 1.165) is 50.1 Å². The van der Waals surface area contributed by atoms with Gasteiger partial charge in [-0.2, -0.15) is 0 Å². The van der Waals surface area contributed by atoms with E-state index >= 15 is 0 Å². The number of rotatable bonds is 6. The molecule has 0 N–H and O–H groups in total. The van der Waals surface area contributed by atoms with Crippen molar-refractivity contribution < 1.29 is 4.42 Å². The molecular weight excluding hydrogens is 751 g/mol. The van der Waals surface area contributed by atoms with Gasteiger partial charge in [-0.1, -0.05) is 179 Å². The summed E-state index contributed by atoms with van der Waals surface area (Å²) in [6.45, 7) is 9.49. The molecule has 2 heteroatoms. The van der Waals surface area contributed by atoms with E-state index < -0.39 is 0 Å². The fourth-order valence-corrected chi connectivity index (χ4v) is 11.1. The Labute approximate surface area is 363 Å². The predicted octanol–water partition coefficient (Wildman–Crippen LogP) is 16.7. The van der Waals surface area contributed by atoms with Crippen molar-refractivity contribution in [2.24, 2.45) is 0 Å². The normalized spacial score (nSPS) is 14.1. The van der Waals surface area contributed by atoms with Crippen molar-refractivity contribution in [1.29, 1.82) is 0 Å². The summed E-state index contributed by atoms with van der Waals surface area (Å²) in [5, 5.41) is 2.28. The number of anilines is 3. The summed E-state index contributed by atoms with van der Waals surface area (Å²) in [4.78, 5) is 2.43. The Hall–Kier alpha value is -7.42. The molecule has 0 aliphatic heterocycles. The van der Waals surface area contributed by atoms with E-state index in [1.54, 1.807) is 0 Å². The number of para-hydroxylation sites is 1. The minimum atomic E-state index is -0.130. The average Bonchev–Trinajstić information content (AvgIpc) is 3.90. The molecule has 0 radical (unpaired) electrons. The van der Waals surface area contributed by atoms with E-state index in [-0.39, 0.29) is 10.8 Å². The molecule has 0 saturated heterocycles. The zero-order chi connectivity index (χ0) is 41.7. The van der Waals surface area contributed by atoms with Crippen LogP contribution in [0.5, 0.6) is 0 Å². The third kappa shape index (κ3) is 5.36. The van der Waals surface area contributed by atoms with Gasteiger partial charge in [0.1, 0.15) is 11.2 Å². The van der Waals surface area contributed by atoms with Gasteiger partial charge in [0, 0.05) is 38.7 Å². The van der Waals surface area contributed by atoms with Gasteiger partial charge in [0.25, 0.3) is 0 Å². The highest BCUT2D eigenvalue weighted by molar-refractivity contribution is 6.12. The molecule has 2 aliphatic rings. The molecule has 2 nitrogen and oxygen atoms in total. The van der Waals surface area contributed by atoms with Crippen molar-refractivity contribution in [3.63, 3.8) is 0 Å². The second-order valence-corrected chi connectivity index (χ2v) is 18.1. The molecule has 0 spiro atoms. The van der Waals surface area contributed by atoms with Crippen LogP contribution in [0.1, 0.15) is 49.9 Å². The van der Waals surface area contributed by atoms with Gasteiger partial charge in [-0.25, -0.2) is 0 Å². The molecule has 0 unspecified atom stereocenters. The standard InChI is InChI=1S/C60H45NO/c1-59(2)52-28-8-5-20-47(52)49-26-13-24-45(57(49)59)39-16-11-18-42(36-39)61(41-34-32-38(33-35-41)44-23-15-31-55-56(44)51-22-7-10-30-54(51)62-55)43-19-12-17-40(37-43)46-25-14-27-50-48-21-6-9-29-53(48)60(3,4)58(46)50/h5-37H,1-4H3. The molecular formula is C60H45NO. The van der Waals surface area contributed by atoms with Crippen LogP contribution in [0.4, 0.5) is 17.1 Å². The summed E-state index contributed by atoms with van der Waals surface area (Å²) in [6, 6.07) is 73.5. The van der Waals surface area contributed by atoms with Crippen LogP contribution >= 0.6 is 0 Å². The second kappa shape index (κ2) is 13.5. The van der Waals surface area contributed by atoms with Crippen LogP contribution in [0, 0.1) is 0 Å². The first-order valence-electron chi connectivity index (χ1n) is 21.8. The van der Waals surface area contributed by atoms with Crippen LogP contribution < -0.4 is 4.90 Å². The lowest BCUT2D eigenvalue weighted by Crippen LogP contribution is -2.16. The highest BCUT2D eigenvalue weighted by Crippen LogP contribution is 2.54. The molecule has 2 aliphatic carbocycles. The summed E-state index contributed by atoms with van der Waals surface area (Å²) >= 11 is 0. The molecule has 296 valence electrons. The average molecular weight is 796 g/mol. The summed E-state index contributed by atoms with van der Waals surface area (Å²) in [7, 11) is 0. The van der Waals surface area contributed by atoms with Crippen molar-refractivity contribution >= 4 is 39.0 Å². The van der Waals surface area contributed by atoms with Crippen LogP contribution in [-0.4, -0.2) is 0 Å². The van der Waals surface area contributed by atoms with Crippen molar-refractivity contribution in [2.75, 3.05) is 4.90 Å². The highest BCUT2D eigenvalue weighted by atomic mass is 16.3. The third-order valence-corrected chi connectivity index (χ3v) is 13.8. The van der Waals surface area contributed by atoms with Gasteiger partial charge < -0.3 is 9.32 Å². The van der Waals surface area contributed by atoms with Gasteiger partial charge in [-0.3, -0.25) is 0 Å². The molecule has 0 fully saturated rings. The molecule has 10 aromatic rings. The number of furan rings is 1. The Kier molecular flexibility index (Phi) is 7.96. The van der Waals surface area contributed by atoms with Crippen molar-refractivity contribution in [1.82, 2.24) is 0 Å². The largest absolute Gasteiger partial charge is 0.456 e. The van der Waals surface area contributed by atoms with Gasteiger partial charge in [-0.15, -0.1) is 0 Å². The Morgan fingerprint density at radius 1 is 0.339 bits per heavy atom. The zero-order valence-electron chi connectivity index (χ0n) is 35.4. The Morgan fingerprint density at radius 3 is 1.39 bits per heavy atom. The maximum absolute atomic E-state index is 6.30. The smallest absolute Gasteiger partial charge is 0.136 e. The van der Waals surface area contributed by atoms with Crippen LogP contribution in [0.3, 0.4) is 0 Å². The fourth-order valence-electron chi connectivity index (χ4n) is 11.1. The van der Waals surface area contributed by atoms with Gasteiger partial charge in [-0.05, 0) is 126 Å². The quantitative estimate of drug-likeness (QED) is 0.167. The third-order valence-electron chi connectivity index (χ3n) is 13.8. The molecule has 62 heavy (non-hydrogen) atoms. The molecule has 0 amide bonds. The molecule has 0 bridgehead atoms. The van der Waals surface area contributed by atoms with E-state index in [1.165, 1.54) is 66.8 Å². The van der Waals surface area contributed by atoms with E-state index in [4.69, 9.17) is 4.42 Å². The van der Waals surface area contributed by atoms with Gasteiger partial charge in [0.2, 0.25) is 0 Å². The monoisotopic (exact) mass is 795 g/mol. The molecule has 1 heterocycles. The zero-order valence-corrected chi connectivity index (χ0v) is 35.4. The van der Waals surface area contributed by atoms with Crippen molar-refractivity contribution in [3.8, 4) is 55.6 Å². The Morgan fingerprint density at radius 2 is 0.790 bits per heavy atom. The molecule has 0 saturated carbocycles. The summed E-state index contributed by atoms with van der Waals surface area (Å²) in [5.41, 5.74) is 23.0. The maximum atomic E-state index is 6.30. The predicted molar refractivity (Wildman–Crippen MR) is 260 cm³/mol. The van der Waals surface area contributed by atoms with E-state index in [9.17, 15) is 0 Å². The van der Waals surface area contributed by atoms with Gasteiger partial charge in [0.15, 0.2) is 0 Å². The van der Waals surface area contributed by atoms with E-state index in [1.807, 2.05) is 6.07 Å². The number of hydrogen-bond acceptors (Lipinski definition) is 2. The molecule has 12 rings (SSSR count). The molecule has 9 aromatic carbocycles.